The molecule has 3 aliphatic heterocycles. The van der Waals surface area contributed by atoms with Crippen molar-refractivity contribution < 1.29 is 19.1 Å². The summed E-state index contributed by atoms with van der Waals surface area (Å²) in [7, 11) is 0. The average molecular weight is 371 g/mol. The number of carbonyl (C=O) groups is 3. The molecule has 1 aromatic rings. The van der Waals surface area contributed by atoms with Crippen molar-refractivity contribution in [2.45, 2.75) is 32.2 Å². The van der Waals surface area contributed by atoms with Gasteiger partial charge in [-0.25, -0.2) is 4.79 Å². The Morgan fingerprint density at radius 2 is 1.89 bits per heavy atom. The number of urea groups is 1. The highest BCUT2D eigenvalue weighted by atomic mass is 16.5. The second kappa shape index (κ2) is 6.87. The fourth-order valence-electron chi connectivity index (χ4n) is 4.54. The first kappa shape index (κ1) is 17.8. The molecule has 1 unspecified atom stereocenters. The molecule has 3 fully saturated rings. The molecule has 1 spiro atoms. The molecule has 3 aliphatic rings. The van der Waals surface area contributed by atoms with Gasteiger partial charge < -0.3 is 14.5 Å². The molecule has 0 N–H and O–H groups in total. The van der Waals surface area contributed by atoms with Gasteiger partial charge in [0, 0.05) is 26.2 Å². The number of amides is 4. The molecule has 3 saturated heterocycles. The number of hydrogen-bond acceptors (Lipinski definition) is 4. The summed E-state index contributed by atoms with van der Waals surface area (Å²) < 4.78 is 5.56. The van der Waals surface area contributed by atoms with Crippen molar-refractivity contribution >= 4 is 17.8 Å². The van der Waals surface area contributed by atoms with Gasteiger partial charge in [-0.1, -0.05) is 18.2 Å². The van der Waals surface area contributed by atoms with Gasteiger partial charge in [-0.3, -0.25) is 14.5 Å². The maximum Gasteiger partial charge on any atom is 0.327 e. The zero-order chi connectivity index (χ0) is 19.0. The van der Waals surface area contributed by atoms with E-state index in [0.29, 0.717) is 31.9 Å². The van der Waals surface area contributed by atoms with E-state index in [4.69, 9.17) is 4.74 Å². The number of carbonyl (C=O) groups excluding carboxylic acids is 3. The van der Waals surface area contributed by atoms with Crippen LogP contribution in [0.3, 0.4) is 0 Å². The summed E-state index contributed by atoms with van der Waals surface area (Å²) in [5.41, 5.74) is -0.0348. The molecule has 0 saturated carbocycles. The molecule has 0 radical (unpaired) electrons. The van der Waals surface area contributed by atoms with E-state index in [1.807, 2.05) is 42.2 Å². The van der Waals surface area contributed by atoms with Gasteiger partial charge >= 0.3 is 6.03 Å². The normalized spacial score (nSPS) is 23.9. The fraction of sp³-hybridized carbons (Fsp3) is 0.550. The van der Waals surface area contributed by atoms with Crippen LogP contribution in [0, 0.1) is 5.41 Å². The number of fused-ring (bicyclic) bond motifs is 1. The number of para-hydroxylation sites is 1. The highest BCUT2D eigenvalue weighted by molar-refractivity contribution is 6.04. The van der Waals surface area contributed by atoms with E-state index in [2.05, 4.69) is 0 Å². The first-order chi connectivity index (χ1) is 13.0. The molecule has 0 bridgehead atoms. The van der Waals surface area contributed by atoms with Crippen LogP contribution in [0.25, 0.3) is 0 Å². The van der Waals surface area contributed by atoms with Crippen LogP contribution in [0.15, 0.2) is 30.3 Å². The van der Waals surface area contributed by atoms with Gasteiger partial charge in [0.15, 0.2) is 6.61 Å². The van der Waals surface area contributed by atoms with E-state index in [-0.39, 0.29) is 35.9 Å². The van der Waals surface area contributed by atoms with Gasteiger partial charge in [0.25, 0.3) is 11.8 Å². The van der Waals surface area contributed by atoms with Gasteiger partial charge in [-0.2, -0.15) is 0 Å². The Hall–Kier alpha value is -2.57. The number of likely N-dealkylation sites (N-methyl/N-ethyl adjacent to an activating group) is 1. The standard InChI is InChI=1S/C20H25N3O4/c1-2-22-18(25)16-12-20(14-23(16)19(22)26)8-10-21(11-9-20)17(24)13-27-15-6-4-3-5-7-15/h3-7,16H,2,8-14H2,1H3. The summed E-state index contributed by atoms with van der Waals surface area (Å²) in [6, 6.07) is 8.86. The maximum absolute atomic E-state index is 12.4. The zero-order valence-electron chi connectivity index (χ0n) is 15.6. The van der Waals surface area contributed by atoms with Crippen molar-refractivity contribution in [2.75, 3.05) is 32.8 Å². The quantitative estimate of drug-likeness (QED) is 0.756. The number of rotatable bonds is 4. The third kappa shape index (κ3) is 3.15. The molecule has 0 aliphatic carbocycles. The van der Waals surface area contributed by atoms with Crippen LogP contribution in [-0.2, 0) is 9.59 Å². The lowest BCUT2D eigenvalue weighted by Gasteiger charge is -2.39. The average Bonchev–Trinajstić information content (AvgIpc) is 3.16. The van der Waals surface area contributed by atoms with Crippen LogP contribution in [0.5, 0.6) is 5.75 Å². The summed E-state index contributed by atoms with van der Waals surface area (Å²) in [5, 5.41) is 0. The van der Waals surface area contributed by atoms with Crippen LogP contribution in [0.1, 0.15) is 26.2 Å². The Balaban J connectivity index is 1.31. The van der Waals surface area contributed by atoms with Crippen LogP contribution >= 0.6 is 0 Å². The van der Waals surface area contributed by atoms with E-state index in [1.165, 1.54) is 4.90 Å². The SMILES string of the molecule is CCN1C(=O)C2CC3(CCN(C(=O)COc4ccccc4)CC3)CN2C1=O. The first-order valence-corrected chi connectivity index (χ1v) is 9.61. The Kier molecular flexibility index (Phi) is 4.53. The monoisotopic (exact) mass is 371 g/mol. The van der Waals surface area contributed by atoms with Crippen molar-refractivity contribution in [2.24, 2.45) is 5.41 Å². The molecule has 3 heterocycles. The molecule has 7 nitrogen and oxygen atoms in total. The largest absolute Gasteiger partial charge is 0.484 e. The van der Waals surface area contributed by atoms with Crippen molar-refractivity contribution in [3.05, 3.63) is 30.3 Å². The Morgan fingerprint density at radius 1 is 1.19 bits per heavy atom. The second-order valence-electron chi connectivity index (χ2n) is 7.70. The highest BCUT2D eigenvalue weighted by Crippen LogP contribution is 2.46. The van der Waals surface area contributed by atoms with Crippen molar-refractivity contribution in [3.63, 3.8) is 0 Å². The van der Waals surface area contributed by atoms with Gasteiger partial charge in [0.05, 0.1) is 0 Å². The zero-order valence-corrected chi connectivity index (χ0v) is 15.6. The minimum Gasteiger partial charge on any atom is -0.484 e. The lowest BCUT2D eigenvalue weighted by Crippen LogP contribution is -2.47. The molecular weight excluding hydrogens is 346 g/mol. The van der Waals surface area contributed by atoms with Gasteiger partial charge in [-0.15, -0.1) is 0 Å². The lowest BCUT2D eigenvalue weighted by atomic mass is 9.76. The number of benzene rings is 1. The van der Waals surface area contributed by atoms with E-state index in [9.17, 15) is 14.4 Å². The fourth-order valence-corrected chi connectivity index (χ4v) is 4.54. The minimum atomic E-state index is -0.305. The summed E-state index contributed by atoms with van der Waals surface area (Å²) in [6.45, 7) is 4.22. The van der Waals surface area contributed by atoms with E-state index >= 15 is 0 Å². The van der Waals surface area contributed by atoms with Gasteiger partial charge in [0.1, 0.15) is 11.8 Å². The number of imide groups is 1. The summed E-state index contributed by atoms with van der Waals surface area (Å²) >= 11 is 0. The lowest BCUT2D eigenvalue weighted by molar-refractivity contribution is -0.136. The molecular formula is C20H25N3O4. The molecule has 0 aromatic heterocycles. The second-order valence-corrected chi connectivity index (χ2v) is 7.70. The van der Waals surface area contributed by atoms with E-state index in [1.54, 1.807) is 4.90 Å². The van der Waals surface area contributed by atoms with Gasteiger partial charge in [0.2, 0.25) is 0 Å². The number of hydrogen-bond donors (Lipinski definition) is 0. The predicted octanol–water partition coefficient (Wildman–Crippen LogP) is 1.73. The van der Waals surface area contributed by atoms with Crippen molar-refractivity contribution in [1.29, 1.82) is 0 Å². The minimum absolute atomic E-state index is 0.0171. The van der Waals surface area contributed by atoms with Crippen LogP contribution in [0.2, 0.25) is 0 Å². The summed E-state index contributed by atoms with van der Waals surface area (Å²) in [6.07, 6.45) is 2.37. The summed E-state index contributed by atoms with van der Waals surface area (Å²) in [5.74, 6) is 0.610. The highest BCUT2D eigenvalue weighted by Gasteiger charge is 2.56. The Bertz CT molecular complexity index is 717. The predicted molar refractivity (Wildman–Crippen MR) is 98.1 cm³/mol. The number of likely N-dealkylation sites (tertiary alicyclic amines) is 1. The maximum atomic E-state index is 12.4. The third-order valence-corrected chi connectivity index (χ3v) is 6.13. The first-order valence-electron chi connectivity index (χ1n) is 9.61. The van der Waals surface area contributed by atoms with Crippen molar-refractivity contribution in [1.82, 2.24) is 14.7 Å². The smallest absolute Gasteiger partial charge is 0.327 e. The third-order valence-electron chi connectivity index (χ3n) is 6.13. The number of piperidine rings is 1. The van der Waals surface area contributed by atoms with E-state index in [0.717, 1.165) is 19.3 Å². The molecule has 1 aromatic carbocycles. The van der Waals surface area contributed by atoms with E-state index < -0.39 is 0 Å². The number of ether oxygens (including phenoxy) is 1. The molecule has 7 heteroatoms. The topological polar surface area (TPSA) is 70.2 Å². The van der Waals surface area contributed by atoms with Crippen LogP contribution in [-0.4, -0.2) is 71.4 Å². The molecule has 27 heavy (non-hydrogen) atoms. The molecule has 1 atom stereocenters. The van der Waals surface area contributed by atoms with Crippen molar-refractivity contribution in [3.8, 4) is 5.75 Å². The molecule has 4 rings (SSSR count). The Morgan fingerprint density at radius 3 is 2.52 bits per heavy atom. The number of nitrogens with zero attached hydrogens (tertiary/aromatic N) is 3. The summed E-state index contributed by atoms with van der Waals surface area (Å²) in [4.78, 5) is 42.2. The molecule has 4 amide bonds. The van der Waals surface area contributed by atoms with Crippen LogP contribution in [0.4, 0.5) is 4.79 Å². The van der Waals surface area contributed by atoms with Crippen LogP contribution < -0.4 is 4.74 Å². The molecule has 144 valence electrons. The van der Waals surface area contributed by atoms with Gasteiger partial charge in [-0.05, 0) is 43.7 Å². The Labute approximate surface area is 158 Å².